The third-order valence-corrected chi connectivity index (χ3v) is 3.78. The first-order chi connectivity index (χ1) is 13.0. The molecule has 0 aliphatic heterocycles. The molecule has 0 heterocycles. The number of benzene rings is 2. The molecule has 0 aromatic heterocycles. The topological polar surface area (TPSA) is 88.4 Å². The maximum Gasteiger partial charge on any atom is 0.338 e. The Morgan fingerprint density at radius 3 is 2.37 bits per heavy atom. The van der Waals surface area contributed by atoms with Crippen molar-refractivity contribution in [2.75, 3.05) is 11.9 Å². The molecule has 0 saturated heterocycles. The van der Waals surface area contributed by atoms with Gasteiger partial charge in [0.25, 0.3) is 5.91 Å². The molecule has 27 heavy (non-hydrogen) atoms. The Bertz CT molecular complexity index is 808. The predicted molar refractivity (Wildman–Crippen MR) is 102 cm³/mol. The standard InChI is InChI=1S/C21H22N2O4/c1-3-4-13-26-21(25)17-7-11-19(12-8-17)27-15(2)20(24)23-18-9-5-16(14-22)6-10-18/h5-12,15H,3-4,13H2,1-2H3,(H,23,24)/t15-/m1/s1. The minimum absolute atomic E-state index is 0.317. The van der Waals surface area contributed by atoms with E-state index in [1.807, 2.05) is 13.0 Å². The number of rotatable bonds is 8. The second-order valence-electron chi connectivity index (χ2n) is 5.95. The van der Waals surface area contributed by atoms with E-state index in [1.165, 1.54) is 0 Å². The molecule has 0 aliphatic rings. The summed E-state index contributed by atoms with van der Waals surface area (Å²) >= 11 is 0. The number of amides is 1. The molecule has 0 spiro atoms. The number of hydrogen-bond donors (Lipinski definition) is 1. The van der Waals surface area contributed by atoms with Gasteiger partial charge >= 0.3 is 5.97 Å². The van der Waals surface area contributed by atoms with Crippen LogP contribution in [0.15, 0.2) is 48.5 Å². The first kappa shape index (κ1) is 20.0. The summed E-state index contributed by atoms with van der Waals surface area (Å²) in [5.74, 6) is -0.216. The lowest BCUT2D eigenvalue weighted by Crippen LogP contribution is -2.30. The van der Waals surface area contributed by atoms with E-state index in [2.05, 4.69) is 5.32 Å². The van der Waals surface area contributed by atoms with Crippen LogP contribution in [0.3, 0.4) is 0 Å². The Hall–Kier alpha value is -3.33. The summed E-state index contributed by atoms with van der Waals surface area (Å²) in [5.41, 5.74) is 1.54. The van der Waals surface area contributed by atoms with Crippen molar-refractivity contribution in [3.8, 4) is 11.8 Å². The third-order valence-electron chi connectivity index (χ3n) is 3.78. The molecule has 2 rings (SSSR count). The molecule has 0 unspecified atom stereocenters. The normalized spacial score (nSPS) is 11.1. The number of nitriles is 1. The van der Waals surface area contributed by atoms with Crippen molar-refractivity contribution < 1.29 is 19.1 Å². The molecule has 6 nitrogen and oxygen atoms in total. The molecule has 1 amide bonds. The van der Waals surface area contributed by atoms with Gasteiger partial charge in [0.05, 0.1) is 23.8 Å². The van der Waals surface area contributed by atoms with Crippen molar-refractivity contribution in [1.82, 2.24) is 0 Å². The van der Waals surface area contributed by atoms with Gasteiger partial charge in [-0.1, -0.05) is 13.3 Å². The lowest BCUT2D eigenvalue weighted by atomic mass is 10.2. The van der Waals surface area contributed by atoms with Gasteiger partial charge in [-0.25, -0.2) is 4.79 Å². The summed E-state index contributed by atoms with van der Waals surface area (Å²) in [6.07, 6.45) is 1.06. The van der Waals surface area contributed by atoms with Crippen molar-refractivity contribution in [3.63, 3.8) is 0 Å². The van der Waals surface area contributed by atoms with Gasteiger partial charge in [0.2, 0.25) is 0 Å². The van der Waals surface area contributed by atoms with E-state index in [0.717, 1.165) is 12.8 Å². The van der Waals surface area contributed by atoms with Crippen LogP contribution in [0, 0.1) is 11.3 Å². The van der Waals surface area contributed by atoms with Crippen molar-refractivity contribution in [2.45, 2.75) is 32.8 Å². The van der Waals surface area contributed by atoms with E-state index in [-0.39, 0.29) is 11.9 Å². The first-order valence-electron chi connectivity index (χ1n) is 8.78. The van der Waals surface area contributed by atoms with Gasteiger partial charge in [0.15, 0.2) is 6.10 Å². The van der Waals surface area contributed by atoms with Crippen LogP contribution in [0.25, 0.3) is 0 Å². The van der Waals surface area contributed by atoms with Crippen molar-refractivity contribution in [2.24, 2.45) is 0 Å². The van der Waals surface area contributed by atoms with Gasteiger partial charge < -0.3 is 14.8 Å². The van der Waals surface area contributed by atoms with E-state index >= 15 is 0 Å². The maximum absolute atomic E-state index is 12.2. The van der Waals surface area contributed by atoms with Gasteiger partial charge in [-0.2, -0.15) is 5.26 Å². The fourth-order valence-electron chi connectivity index (χ4n) is 2.19. The number of nitrogens with one attached hydrogen (secondary N) is 1. The Morgan fingerprint density at radius 2 is 1.78 bits per heavy atom. The maximum atomic E-state index is 12.2. The molecule has 2 aromatic carbocycles. The number of anilines is 1. The average molecular weight is 366 g/mol. The monoisotopic (exact) mass is 366 g/mol. The van der Waals surface area contributed by atoms with Crippen LogP contribution >= 0.6 is 0 Å². The van der Waals surface area contributed by atoms with E-state index < -0.39 is 6.10 Å². The van der Waals surface area contributed by atoms with Gasteiger partial charge in [0.1, 0.15) is 5.75 Å². The Morgan fingerprint density at radius 1 is 1.11 bits per heavy atom. The molecule has 0 fully saturated rings. The van der Waals surface area contributed by atoms with Gasteiger partial charge in [0, 0.05) is 5.69 Å². The molecule has 0 bridgehead atoms. The highest BCUT2D eigenvalue weighted by Gasteiger charge is 2.15. The van der Waals surface area contributed by atoms with Crippen molar-refractivity contribution in [3.05, 3.63) is 59.7 Å². The van der Waals surface area contributed by atoms with Gasteiger partial charge in [-0.05, 0) is 61.9 Å². The summed E-state index contributed by atoms with van der Waals surface area (Å²) in [4.78, 5) is 24.1. The van der Waals surface area contributed by atoms with Crippen LogP contribution in [0.4, 0.5) is 5.69 Å². The van der Waals surface area contributed by atoms with Crippen molar-refractivity contribution in [1.29, 1.82) is 5.26 Å². The van der Waals surface area contributed by atoms with Crippen molar-refractivity contribution >= 4 is 17.6 Å². The highest BCUT2D eigenvalue weighted by atomic mass is 16.5. The zero-order valence-corrected chi connectivity index (χ0v) is 15.4. The van der Waals surface area contributed by atoms with Crippen LogP contribution in [0.5, 0.6) is 5.75 Å². The molecular formula is C21H22N2O4. The number of carbonyl (C=O) groups excluding carboxylic acids is 2. The summed E-state index contributed by atoms with van der Waals surface area (Å²) in [6, 6.07) is 15.0. The lowest BCUT2D eigenvalue weighted by molar-refractivity contribution is -0.122. The molecule has 0 aliphatic carbocycles. The number of unbranched alkanes of at least 4 members (excludes halogenated alkanes) is 1. The van der Waals surface area contributed by atoms with E-state index in [1.54, 1.807) is 55.5 Å². The van der Waals surface area contributed by atoms with E-state index in [0.29, 0.717) is 29.2 Å². The van der Waals surface area contributed by atoms with Crippen LogP contribution < -0.4 is 10.1 Å². The molecule has 140 valence electrons. The second-order valence-corrected chi connectivity index (χ2v) is 5.95. The Balaban J connectivity index is 1.88. The number of ether oxygens (including phenoxy) is 2. The fraction of sp³-hybridized carbons (Fsp3) is 0.286. The number of hydrogen-bond acceptors (Lipinski definition) is 5. The summed E-state index contributed by atoms with van der Waals surface area (Å²) in [6.45, 7) is 4.06. The van der Waals surface area contributed by atoms with Gasteiger partial charge in [-0.3, -0.25) is 4.79 Å². The largest absolute Gasteiger partial charge is 0.481 e. The zero-order valence-electron chi connectivity index (χ0n) is 15.4. The minimum atomic E-state index is -0.733. The number of esters is 1. The fourth-order valence-corrected chi connectivity index (χ4v) is 2.19. The summed E-state index contributed by atoms with van der Waals surface area (Å²) in [7, 11) is 0. The van der Waals surface area contributed by atoms with Crippen LogP contribution in [-0.2, 0) is 9.53 Å². The zero-order chi connectivity index (χ0) is 19.6. The highest BCUT2D eigenvalue weighted by Crippen LogP contribution is 2.16. The summed E-state index contributed by atoms with van der Waals surface area (Å²) < 4.78 is 10.8. The van der Waals surface area contributed by atoms with E-state index in [9.17, 15) is 9.59 Å². The Kier molecular flexibility index (Phi) is 7.38. The second kappa shape index (κ2) is 9.97. The number of nitrogens with zero attached hydrogens (tertiary/aromatic N) is 1. The Labute approximate surface area is 158 Å². The molecule has 1 N–H and O–H groups in total. The summed E-state index contributed by atoms with van der Waals surface area (Å²) in [5, 5.41) is 11.5. The average Bonchev–Trinajstić information content (AvgIpc) is 2.69. The van der Waals surface area contributed by atoms with Crippen LogP contribution in [0.1, 0.15) is 42.6 Å². The molecule has 1 atom stereocenters. The van der Waals surface area contributed by atoms with E-state index in [4.69, 9.17) is 14.7 Å². The molecular weight excluding hydrogens is 344 g/mol. The lowest BCUT2D eigenvalue weighted by Gasteiger charge is -2.15. The highest BCUT2D eigenvalue weighted by molar-refractivity contribution is 5.94. The first-order valence-corrected chi connectivity index (χ1v) is 8.78. The molecule has 0 saturated carbocycles. The quantitative estimate of drug-likeness (QED) is 0.565. The third kappa shape index (κ3) is 6.15. The molecule has 2 aromatic rings. The van der Waals surface area contributed by atoms with Crippen LogP contribution in [0.2, 0.25) is 0 Å². The number of carbonyl (C=O) groups is 2. The molecule has 6 heteroatoms. The predicted octanol–water partition coefficient (Wildman–Crippen LogP) is 3.92. The van der Waals surface area contributed by atoms with Crippen LogP contribution in [-0.4, -0.2) is 24.6 Å². The minimum Gasteiger partial charge on any atom is -0.481 e. The SMILES string of the molecule is CCCCOC(=O)c1ccc(O[C@H](C)C(=O)Nc2ccc(C#N)cc2)cc1. The van der Waals surface area contributed by atoms with Gasteiger partial charge in [-0.15, -0.1) is 0 Å². The smallest absolute Gasteiger partial charge is 0.338 e. The molecule has 0 radical (unpaired) electrons.